The lowest BCUT2D eigenvalue weighted by atomic mass is 10.2. The number of carbonyl (C=O) groups excluding carboxylic acids is 1. The third kappa shape index (κ3) is 4.35. The zero-order valence-electron chi connectivity index (χ0n) is 11.8. The minimum atomic E-state index is 0. The van der Waals surface area contributed by atoms with Gasteiger partial charge in [0.05, 0.1) is 6.54 Å². The van der Waals surface area contributed by atoms with Crippen LogP contribution in [0.1, 0.15) is 12.5 Å². The number of anilines is 1. The maximum absolute atomic E-state index is 12.1. The van der Waals surface area contributed by atoms with E-state index in [4.69, 9.17) is 11.6 Å². The van der Waals surface area contributed by atoms with Gasteiger partial charge in [-0.15, -0.1) is 12.4 Å². The minimum absolute atomic E-state index is 0. The summed E-state index contributed by atoms with van der Waals surface area (Å²) in [6.07, 6.45) is 0. The highest BCUT2D eigenvalue weighted by Gasteiger charge is 2.20. The average Bonchev–Trinajstić information content (AvgIpc) is 2.38. The maximum atomic E-state index is 12.1. The summed E-state index contributed by atoms with van der Waals surface area (Å²) in [5.41, 5.74) is 1.70. The van der Waals surface area contributed by atoms with E-state index in [0.717, 1.165) is 30.9 Å². The lowest BCUT2D eigenvalue weighted by molar-refractivity contribution is -0.118. The van der Waals surface area contributed by atoms with E-state index in [0.29, 0.717) is 17.6 Å². The lowest BCUT2D eigenvalue weighted by Gasteiger charge is -2.33. The maximum Gasteiger partial charge on any atom is 0.238 e. The van der Waals surface area contributed by atoms with Gasteiger partial charge in [-0.3, -0.25) is 9.69 Å². The molecule has 1 heterocycles. The zero-order chi connectivity index (χ0) is 13.8. The van der Waals surface area contributed by atoms with Crippen LogP contribution in [-0.2, 0) is 4.79 Å². The molecular weight excluding hydrogens is 297 g/mol. The Morgan fingerprint density at radius 1 is 1.55 bits per heavy atom. The van der Waals surface area contributed by atoms with Crippen molar-refractivity contribution in [2.75, 3.05) is 31.5 Å². The Morgan fingerprint density at radius 3 is 3.00 bits per heavy atom. The van der Waals surface area contributed by atoms with Crippen molar-refractivity contribution in [1.82, 2.24) is 10.2 Å². The molecule has 6 heteroatoms. The zero-order valence-corrected chi connectivity index (χ0v) is 13.4. The number of amides is 1. The first kappa shape index (κ1) is 17.2. The van der Waals surface area contributed by atoms with Gasteiger partial charge in [0.25, 0.3) is 0 Å². The van der Waals surface area contributed by atoms with Gasteiger partial charge in [-0.1, -0.05) is 17.7 Å². The van der Waals surface area contributed by atoms with Gasteiger partial charge < -0.3 is 10.6 Å². The van der Waals surface area contributed by atoms with Crippen LogP contribution in [0.15, 0.2) is 18.2 Å². The molecule has 1 fully saturated rings. The molecule has 0 aromatic heterocycles. The molecule has 0 bridgehead atoms. The highest BCUT2D eigenvalue weighted by Crippen LogP contribution is 2.22. The summed E-state index contributed by atoms with van der Waals surface area (Å²) >= 11 is 6.04. The molecule has 20 heavy (non-hydrogen) atoms. The fraction of sp³-hybridized carbons (Fsp3) is 0.500. The second-order valence-corrected chi connectivity index (χ2v) is 5.39. The largest absolute Gasteiger partial charge is 0.325 e. The molecule has 0 spiro atoms. The summed E-state index contributed by atoms with van der Waals surface area (Å²) in [5, 5.41) is 6.92. The molecule has 0 saturated carbocycles. The van der Waals surface area contributed by atoms with Gasteiger partial charge in [0.1, 0.15) is 0 Å². The highest BCUT2D eigenvalue weighted by molar-refractivity contribution is 6.31. The van der Waals surface area contributed by atoms with Crippen LogP contribution in [-0.4, -0.2) is 43.0 Å². The molecule has 4 nitrogen and oxygen atoms in total. The van der Waals surface area contributed by atoms with E-state index in [2.05, 4.69) is 22.5 Å². The molecule has 1 aromatic rings. The van der Waals surface area contributed by atoms with Crippen LogP contribution >= 0.6 is 24.0 Å². The molecule has 0 radical (unpaired) electrons. The number of rotatable bonds is 3. The Hall–Kier alpha value is -0.810. The Morgan fingerprint density at radius 2 is 2.30 bits per heavy atom. The number of piperazine rings is 1. The third-order valence-electron chi connectivity index (χ3n) is 3.53. The average molecular weight is 318 g/mol. The number of nitrogens with zero attached hydrogens (tertiary/aromatic N) is 1. The molecule has 1 aromatic carbocycles. The SMILES string of the molecule is Cc1c(Cl)cccc1NC(=O)CN1CCNC[C@H]1C.Cl. The molecule has 0 aliphatic carbocycles. The van der Waals surface area contributed by atoms with Crippen LogP contribution in [0, 0.1) is 6.92 Å². The van der Waals surface area contributed by atoms with Gasteiger partial charge >= 0.3 is 0 Å². The smallest absolute Gasteiger partial charge is 0.238 e. The Balaban J connectivity index is 0.00000200. The molecule has 1 atom stereocenters. The Bertz CT molecular complexity index is 468. The van der Waals surface area contributed by atoms with Crippen molar-refractivity contribution in [1.29, 1.82) is 0 Å². The predicted molar refractivity (Wildman–Crippen MR) is 86.0 cm³/mol. The quantitative estimate of drug-likeness (QED) is 0.899. The molecule has 2 N–H and O–H groups in total. The second kappa shape index (κ2) is 7.84. The summed E-state index contributed by atoms with van der Waals surface area (Å²) in [6, 6.07) is 5.93. The summed E-state index contributed by atoms with van der Waals surface area (Å²) in [4.78, 5) is 14.3. The van der Waals surface area contributed by atoms with Crippen molar-refractivity contribution in [3.05, 3.63) is 28.8 Å². The second-order valence-electron chi connectivity index (χ2n) is 4.98. The van der Waals surface area contributed by atoms with E-state index in [-0.39, 0.29) is 18.3 Å². The number of halogens is 2. The first-order chi connectivity index (χ1) is 9.08. The molecule has 0 unspecified atom stereocenters. The van der Waals surface area contributed by atoms with Crippen molar-refractivity contribution in [2.24, 2.45) is 0 Å². The number of benzene rings is 1. The molecular formula is C14H21Cl2N3O. The number of hydrogen-bond acceptors (Lipinski definition) is 3. The summed E-state index contributed by atoms with van der Waals surface area (Å²) < 4.78 is 0. The normalized spacial score (nSPS) is 19.2. The van der Waals surface area contributed by atoms with Crippen molar-refractivity contribution >= 4 is 35.6 Å². The van der Waals surface area contributed by atoms with E-state index >= 15 is 0 Å². The molecule has 1 aliphatic rings. The van der Waals surface area contributed by atoms with Crippen molar-refractivity contribution < 1.29 is 4.79 Å². The van der Waals surface area contributed by atoms with Gasteiger partial charge in [-0.05, 0) is 31.5 Å². The monoisotopic (exact) mass is 317 g/mol. The van der Waals surface area contributed by atoms with Crippen LogP contribution in [0.25, 0.3) is 0 Å². The fourth-order valence-corrected chi connectivity index (χ4v) is 2.41. The van der Waals surface area contributed by atoms with Crippen LogP contribution < -0.4 is 10.6 Å². The van der Waals surface area contributed by atoms with E-state index < -0.39 is 0 Å². The van der Waals surface area contributed by atoms with E-state index in [9.17, 15) is 4.79 Å². The van der Waals surface area contributed by atoms with Crippen molar-refractivity contribution in [3.63, 3.8) is 0 Å². The van der Waals surface area contributed by atoms with E-state index in [1.54, 1.807) is 0 Å². The molecule has 1 amide bonds. The Kier molecular flexibility index (Phi) is 6.76. The molecule has 2 rings (SSSR count). The van der Waals surface area contributed by atoms with Gasteiger partial charge in [0.2, 0.25) is 5.91 Å². The van der Waals surface area contributed by atoms with Gasteiger partial charge in [-0.25, -0.2) is 0 Å². The van der Waals surface area contributed by atoms with E-state index in [1.165, 1.54) is 0 Å². The van der Waals surface area contributed by atoms with Gasteiger partial charge in [0, 0.05) is 36.4 Å². The summed E-state index contributed by atoms with van der Waals surface area (Å²) in [7, 11) is 0. The minimum Gasteiger partial charge on any atom is -0.325 e. The highest BCUT2D eigenvalue weighted by atomic mass is 35.5. The molecule has 1 saturated heterocycles. The third-order valence-corrected chi connectivity index (χ3v) is 3.94. The molecule has 1 aliphatic heterocycles. The molecule has 112 valence electrons. The van der Waals surface area contributed by atoms with Crippen LogP contribution in [0.3, 0.4) is 0 Å². The van der Waals surface area contributed by atoms with Crippen LogP contribution in [0.4, 0.5) is 5.69 Å². The van der Waals surface area contributed by atoms with Gasteiger partial charge in [0.15, 0.2) is 0 Å². The summed E-state index contributed by atoms with van der Waals surface area (Å²) in [6.45, 7) is 7.24. The standard InChI is InChI=1S/C14H20ClN3O.ClH/c1-10-8-16-6-7-18(10)9-14(19)17-13-5-3-4-12(15)11(13)2;/h3-5,10,16H,6-9H2,1-2H3,(H,17,19);1H/t10-;/m1./s1. The fourth-order valence-electron chi connectivity index (χ4n) is 2.24. The van der Waals surface area contributed by atoms with Crippen LogP contribution in [0.5, 0.6) is 0 Å². The first-order valence-electron chi connectivity index (χ1n) is 6.57. The van der Waals surface area contributed by atoms with Crippen molar-refractivity contribution in [2.45, 2.75) is 19.9 Å². The van der Waals surface area contributed by atoms with Crippen molar-refractivity contribution in [3.8, 4) is 0 Å². The predicted octanol–water partition coefficient (Wildman–Crippen LogP) is 2.30. The Labute approximate surface area is 131 Å². The van der Waals surface area contributed by atoms with Gasteiger partial charge in [-0.2, -0.15) is 0 Å². The topological polar surface area (TPSA) is 44.4 Å². The number of carbonyl (C=O) groups is 1. The number of hydrogen-bond donors (Lipinski definition) is 2. The van der Waals surface area contributed by atoms with E-state index in [1.807, 2.05) is 25.1 Å². The summed E-state index contributed by atoms with van der Waals surface area (Å²) in [5.74, 6) is 0.0131. The first-order valence-corrected chi connectivity index (χ1v) is 6.95. The number of nitrogens with one attached hydrogen (secondary N) is 2. The lowest BCUT2D eigenvalue weighted by Crippen LogP contribution is -2.52. The van der Waals surface area contributed by atoms with Crippen LogP contribution in [0.2, 0.25) is 5.02 Å².